The van der Waals surface area contributed by atoms with Crippen molar-refractivity contribution in [1.29, 1.82) is 0 Å². The van der Waals surface area contributed by atoms with Gasteiger partial charge in [0, 0.05) is 25.2 Å². The van der Waals surface area contributed by atoms with Crippen LogP contribution in [0.25, 0.3) is 0 Å². The van der Waals surface area contributed by atoms with E-state index in [4.69, 9.17) is 4.74 Å². The molecule has 1 saturated heterocycles. The van der Waals surface area contributed by atoms with Gasteiger partial charge < -0.3 is 15.0 Å². The van der Waals surface area contributed by atoms with Crippen LogP contribution in [0.2, 0.25) is 0 Å². The summed E-state index contributed by atoms with van der Waals surface area (Å²) < 4.78 is 5.35. The maximum Gasteiger partial charge on any atom is 0.273 e. The highest BCUT2D eigenvalue weighted by Gasteiger charge is 2.22. The first-order chi connectivity index (χ1) is 10.1. The van der Waals surface area contributed by atoms with E-state index in [1.54, 1.807) is 11.0 Å². The predicted molar refractivity (Wildman–Crippen MR) is 84.5 cm³/mol. The molecule has 1 amide bonds. The number of hydrogen-bond donors (Lipinski definition) is 1. The Bertz CT molecular complexity index is 519. The lowest BCUT2D eigenvalue weighted by molar-refractivity contribution is -0.384. The topological polar surface area (TPSA) is 84.7 Å². The fourth-order valence-corrected chi connectivity index (χ4v) is 2.34. The molecule has 1 fully saturated rings. The molecule has 22 heavy (non-hydrogen) atoms. The van der Waals surface area contributed by atoms with E-state index in [0.717, 1.165) is 12.8 Å². The second-order valence-electron chi connectivity index (χ2n) is 4.99. The lowest BCUT2D eigenvalue weighted by atomic mass is 10.1. The number of piperidine rings is 1. The third-order valence-corrected chi connectivity index (χ3v) is 3.65. The molecule has 1 aliphatic rings. The summed E-state index contributed by atoms with van der Waals surface area (Å²) in [6.45, 7) is 1.33. The number of rotatable bonds is 5. The SMILES string of the molecule is CNC1CCN(C(=O)COc2cccc([N+](=O)[O-])c2)CC1.Cl. The minimum absolute atomic E-state index is 0. The Morgan fingerprint density at radius 2 is 2.14 bits per heavy atom. The number of halogens is 1. The van der Waals surface area contributed by atoms with E-state index in [2.05, 4.69) is 5.32 Å². The summed E-state index contributed by atoms with van der Waals surface area (Å²) in [5.74, 6) is 0.249. The second kappa shape index (κ2) is 8.55. The number of benzene rings is 1. The standard InChI is InChI=1S/C14H19N3O4.ClH/c1-15-11-5-7-16(8-6-11)14(18)10-21-13-4-2-3-12(9-13)17(19)20;/h2-4,9,11,15H,5-8,10H2,1H3;1H. The first-order valence-electron chi connectivity index (χ1n) is 6.92. The molecule has 1 aromatic carbocycles. The summed E-state index contributed by atoms with van der Waals surface area (Å²) in [4.78, 5) is 24.0. The van der Waals surface area contributed by atoms with Crippen molar-refractivity contribution >= 4 is 24.0 Å². The Labute approximate surface area is 135 Å². The maximum atomic E-state index is 12.0. The number of amides is 1. The first-order valence-corrected chi connectivity index (χ1v) is 6.92. The average molecular weight is 330 g/mol. The fourth-order valence-electron chi connectivity index (χ4n) is 2.34. The molecule has 122 valence electrons. The number of carbonyl (C=O) groups excluding carboxylic acids is 1. The van der Waals surface area contributed by atoms with Gasteiger partial charge in [-0.1, -0.05) is 6.07 Å². The molecule has 0 unspecified atom stereocenters. The zero-order valence-electron chi connectivity index (χ0n) is 12.4. The van der Waals surface area contributed by atoms with Gasteiger partial charge in [-0.25, -0.2) is 0 Å². The quantitative estimate of drug-likeness (QED) is 0.655. The van der Waals surface area contributed by atoms with Crippen molar-refractivity contribution in [3.8, 4) is 5.75 Å². The van der Waals surface area contributed by atoms with Gasteiger partial charge in [-0.2, -0.15) is 0 Å². The zero-order valence-corrected chi connectivity index (χ0v) is 13.2. The van der Waals surface area contributed by atoms with Gasteiger partial charge in [-0.05, 0) is 26.0 Å². The van der Waals surface area contributed by atoms with Gasteiger partial charge >= 0.3 is 0 Å². The largest absolute Gasteiger partial charge is 0.484 e. The Balaban J connectivity index is 0.00000242. The van der Waals surface area contributed by atoms with E-state index < -0.39 is 4.92 Å². The summed E-state index contributed by atoms with van der Waals surface area (Å²) in [7, 11) is 1.92. The number of nitro groups is 1. The van der Waals surface area contributed by atoms with Crippen LogP contribution in [-0.4, -0.2) is 48.5 Å². The lowest BCUT2D eigenvalue weighted by Crippen LogP contribution is -2.45. The molecule has 1 heterocycles. The van der Waals surface area contributed by atoms with E-state index in [1.165, 1.54) is 18.2 Å². The Hall–Kier alpha value is -1.86. The van der Waals surface area contributed by atoms with Crippen LogP contribution in [0.5, 0.6) is 5.75 Å². The molecule has 1 aromatic rings. The van der Waals surface area contributed by atoms with Gasteiger partial charge in [0.2, 0.25) is 0 Å². The van der Waals surface area contributed by atoms with Gasteiger partial charge in [-0.3, -0.25) is 14.9 Å². The fraction of sp³-hybridized carbons (Fsp3) is 0.500. The summed E-state index contributed by atoms with van der Waals surface area (Å²) in [5, 5.41) is 13.9. The average Bonchev–Trinajstić information content (AvgIpc) is 2.53. The molecule has 0 saturated carbocycles. The number of nitrogens with one attached hydrogen (secondary N) is 1. The van der Waals surface area contributed by atoms with E-state index >= 15 is 0 Å². The number of non-ortho nitro benzene ring substituents is 1. The molecule has 2 rings (SSSR count). The number of nitrogens with zero attached hydrogens (tertiary/aromatic N) is 2. The minimum Gasteiger partial charge on any atom is -0.484 e. The monoisotopic (exact) mass is 329 g/mol. The number of nitro benzene ring substituents is 1. The van der Waals surface area contributed by atoms with Gasteiger partial charge in [0.15, 0.2) is 6.61 Å². The summed E-state index contributed by atoms with van der Waals surface area (Å²) in [6, 6.07) is 6.31. The van der Waals surface area contributed by atoms with E-state index in [9.17, 15) is 14.9 Å². The van der Waals surface area contributed by atoms with Crippen LogP contribution in [0.1, 0.15) is 12.8 Å². The third-order valence-electron chi connectivity index (χ3n) is 3.65. The van der Waals surface area contributed by atoms with Crippen molar-refractivity contribution in [1.82, 2.24) is 10.2 Å². The van der Waals surface area contributed by atoms with Crippen LogP contribution >= 0.6 is 12.4 Å². The Morgan fingerprint density at radius 3 is 2.73 bits per heavy atom. The molecule has 7 nitrogen and oxygen atoms in total. The summed E-state index contributed by atoms with van der Waals surface area (Å²) >= 11 is 0. The third kappa shape index (κ3) is 4.85. The molecule has 0 radical (unpaired) electrons. The van der Waals surface area contributed by atoms with Gasteiger partial charge in [0.25, 0.3) is 11.6 Å². The lowest BCUT2D eigenvalue weighted by Gasteiger charge is -2.31. The zero-order chi connectivity index (χ0) is 15.2. The van der Waals surface area contributed by atoms with Crippen LogP contribution in [0.4, 0.5) is 5.69 Å². The second-order valence-corrected chi connectivity index (χ2v) is 4.99. The van der Waals surface area contributed by atoms with Crippen molar-refractivity contribution in [2.45, 2.75) is 18.9 Å². The highest BCUT2D eigenvalue weighted by molar-refractivity contribution is 5.85. The minimum atomic E-state index is -0.489. The molecule has 0 atom stereocenters. The molecular formula is C14H20ClN3O4. The van der Waals surface area contributed by atoms with Crippen molar-refractivity contribution in [3.63, 3.8) is 0 Å². The number of carbonyl (C=O) groups is 1. The molecule has 0 spiro atoms. The van der Waals surface area contributed by atoms with Crippen molar-refractivity contribution in [3.05, 3.63) is 34.4 Å². The van der Waals surface area contributed by atoms with Crippen LogP contribution < -0.4 is 10.1 Å². The van der Waals surface area contributed by atoms with Crippen LogP contribution in [0.3, 0.4) is 0 Å². The molecule has 0 aliphatic carbocycles. The van der Waals surface area contributed by atoms with Crippen LogP contribution in [0, 0.1) is 10.1 Å². The van der Waals surface area contributed by atoms with Gasteiger partial charge in [0.1, 0.15) is 5.75 Å². The Morgan fingerprint density at radius 1 is 1.45 bits per heavy atom. The highest BCUT2D eigenvalue weighted by atomic mass is 35.5. The molecule has 1 aliphatic heterocycles. The normalized spacial score (nSPS) is 15.0. The van der Waals surface area contributed by atoms with Gasteiger partial charge in [0.05, 0.1) is 11.0 Å². The van der Waals surface area contributed by atoms with Crippen molar-refractivity contribution in [2.75, 3.05) is 26.7 Å². The molecule has 0 aromatic heterocycles. The van der Waals surface area contributed by atoms with Gasteiger partial charge in [-0.15, -0.1) is 12.4 Å². The number of ether oxygens (including phenoxy) is 1. The summed E-state index contributed by atoms with van der Waals surface area (Å²) in [5.41, 5.74) is -0.0465. The predicted octanol–water partition coefficient (Wildman–Crippen LogP) is 1.61. The summed E-state index contributed by atoms with van der Waals surface area (Å²) in [6.07, 6.45) is 1.86. The molecule has 1 N–H and O–H groups in total. The van der Waals surface area contributed by atoms with Crippen molar-refractivity contribution < 1.29 is 14.5 Å². The van der Waals surface area contributed by atoms with Crippen molar-refractivity contribution in [2.24, 2.45) is 0 Å². The van der Waals surface area contributed by atoms with E-state index in [0.29, 0.717) is 24.9 Å². The highest BCUT2D eigenvalue weighted by Crippen LogP contribution is 2.19. The molecule has 0 bridgehead atoms. The van der Waals surface area contributed by atoms with Crippen LogP contribution in [-0.2, 0) is 4.79 Å². The maximum absolute atomic E-state index is 12.0. The van der Waals surface area contributed by atoms with E-state index in [-0.39, 0.29) is 30.6 Å². The smallest absolute Gasteiger partial charge is 0.273 e. The Kier molecular flexibility index (Phi) is 7.07. The number of hydrogen-bond acceptors (Lipinski definition) is 5. The van der Waals surface area contributed by atoms with E-state index in [1.807, 2.05) is 7.05 Å². The number of likely N-dealkylation sites (tertiary alicyclic amines) is 1. The van der Waals surface area contributed by atoms with Crippen LogP contribution in [0.15, 0.2) is 24.3 Å². The first kappa shape index (κ1) is 18.2. The molecular weight excluding hydrogens is 310 g/mol. The molecule has 8 heteroatoms.